The molecule has 2 amide bonds. The topological polar surface area (TPSA) is 109 Å². The van der Waals surface area contributed by atoms with Crippen molar-refractivity contribution in [3.8, 4) is 0 Å². The van der Waals surface area contributed by atoms with Gasteiger partial charge in [0.1, 0.15) is 10.7 Å². The Morgan fingerprint density at radius 3 is 2.61 bits per heavy atom. The number of H-pyrrole nitrogens is 1. The van der Waals surface area contributed by atoms with Crippen LogP contribution in [0.3, 0.4) is 0 Å². The van der Waals surface area contributed by atoms with Crippen LogP contribution in [0.25, 0.3) is 0 Å². The van der Waals surface area contributed by atoms with Gasteiger partial charge in [-0.05, 0) is 50.2 Å². The lowest BCUT2D eigenvalue weighted by Gasteiger charge is -2.13. The van der Waals surface area contributed by atoms with Crippen LogP contribution >= 0.6 is 11.3 Å². The maximum absolute atomic E-state index is 12.8. The van der Waals surface area contributed by atoms with Gasteiger partial charge < -0.3 is 19.9 Å². The van der Waals surface area contributed by atoms with Crippen molar-refractivity contribution >= 4 is 39.9 Å². The van der Waals surface area contributed by atoms with Crippen molar-refractivity contribution < 1.29 is 23.9 Å². The van der Waals surface area contributed by atoms with Gasteiger partial charge in [-0.25, -0.2) is 4.79 Å². The lowest BCUT2D eigenvalue weighted by Crippen LogP contribution is -2.27. The lowest BCUT2D eigenvalue weighted by atomic mass is 9.95. The third-order valence-corrected chi connectivity index (χ3v) is 6.84. The SMILES string of the molecule is CC(=O)Nc1sc2c(c1C(=O)OCC(=O)c1c[nH]c(C(=O)N3CCCC3)c1)CCCC2. The molecule has 0 radical (unpaired) electrons. The number of nitrogens with one attached hydrogen (secondary N) is 2. The number of ether oxygens (including phenoxy) is 1. The summed E-state index contributed by atoms with van der Waals surface area (Å²) in [5.41, 5.74) is 1.93. The second-order valence-electron chi connectivity index (χ2n) is 7.90. The fourth-order valence-electron chi connectivity index (χ4n) is 4.09. The van der Waals surface area contributed by atoms with Crippen LogP contribution in [0.2, 0.25) is 0 Å². The summed E-state index contributed by atoms with van der Waals surface area (Å²) in [5, 5.41) is 3.20. The van der Waals surface area contributed by atoms with E-state index in [1.807, 2.05) is 0 Å². The zero-order valence-corrected chi connectivity index (χ0v) is 18.2. The van der Waals surface area contributed by atoms with Gasteiger partial charge in [-0.2, -0.15) is 0 Å². The molecule has 0 unspecified atom stereocenters. The van der Waals surface area contributed by atoms with Gasteiger partial charge in [-0.15, -0.1) is 11.3 Å². The predicted molar refractivity (Wildman–Crippen MR) is 116 cm³/mol. The van der Waals surface area contributed by atoms with Crippen molar-refractivity contribution in [2.45, 2.75) is 45.4 Å². The fraction of sp³-hybridized carbons (Fsp3) is 0.455. The van der Waals surface area contributed by atoms with Gasteiger partial charge in [0, 0.05) is 36.7 Å². The number of carbonyl (C=O) groups excluding carboxylic acids is 4. The number of anilines is 1. The summed E-state index contributed by atoms with van der Waals surface area (Å²) < 4.78 is 5.32. The summed E-state index contributed by atoms with van der Waals surface area (Å²) in [5.74, 6) is -1.39. The maximum atomic E-state index is 12.8. The van der Waals surface area contributed by atoms with Crippen LogP contribution in [0.5, 0.6) is 0 Å². The van der Waals surface area contributed by atoms with Crippen molar-refractivity contribution in [2.24, 2.45) is 0 Å². The highest BCUT2D eigenvalue weighted by molar-refractivity contribution is 7.17. The largest absolute Gasteiger partial charge is 0.454 e. The van der Waals surface area contributed by atoms with Gasteiger partial charge >= 0.3 is 5.97 Å². The number of Topliss-reactive ketones (excluding diaryl/α,β-unsaturated/α-hetero) is 1. The Morgan fingerprint density at radius 1 is 1.13 bits per heavy atom. The summed E-state index contributed by atoms with van der Waals surface area (Å²) in [6.45, 7) is 2.41. The molecule has 0 aromatic carbocycles. The molecule has 2 aromatic rings. The molecule has 31 heavy (non-hydrogen) atoms. The molecule has 0 atom stereocenters. The van der Waals surface area contributed by atoms with E-state index in [0.717, 1.165) is 62.1 Å². The summed E-state index contributed by atoms with van der Waals surface area (Å²) in [6.07, 6.45) is 7.09. The molecule has 8 nitrogen and oxygen atoms in total. The molecule has 2 N–H and O–H groups in total. The van der Waals surface area contributed by atoms with Gasteiger partial charge in [-0.1, -0.05) is 0 Å². The van der Waals surface area contributed by atoms with E-state index in [1.54, 1.807) is 4.90 Å². The second-order valence-corrected chi connectivity index (χ2v) is 9.00. The average Bonchev–Trinajstić information content (AvgIpc) is 3.50. The van der Waals surface area contributed by atoms with Crippen LogP contribution < -0.4 is 5.32 Å². The number of rotatable bonds is 6. The molecule has 4 rings (SSSR count). The van der Waals surface area contributed by atoms with E-state index < -0.39 is 18.4 Å². The number of nitrogens with zero attached hydrogens (tertiary/aromatic N) is 1. The number of aryl methyl sites for hydroxylation is 1. The molecule has 3 heterocycles. The number of carbonyl (C=O) groups is 4. The molecule has 9 heteroatoms. The van der Waals surface area contributed by atoms with Crippen molar-refractivity contribution in [3.05, 3.63) is 39.5 Å². The number of hydrogen-bond donors (Lipinski definition) is 2. The number of thiophene rings is 1. The molecule has 0 saturated carbocycles. The Bertz CT molecular complexity index is 1030. The molecular weight excluding hydrogens is 418 g/mol. The molecule has 0 spiro atoms. The Hall–Kier alpha value is -2.94. The summed E-state index contributed by atoms with van der Waals surface area (Å²) in [7, 11) is 0. The number of esters is 1. The van der Waals surface area contributed by atoms with Crippen molar-refractivity contribution in [2.75, 3.05) is 25.0 Å². The normalized spacial score (nSPS) is 15.5. The van der Waals surface area contributed by atoms with Crippen LogP contribution in [-0.4, -0.2) is 53.1 Å². The Morgan fingerprint density at radius 2 is 1.87 bits per heavy atom. The predicted octanol–water partition coefficient (Wildman–Crippen LogP) is 3.19. The van der Waals surface area contributed by atoms with Crippen LogP contribution in [0.1, 0.15) is 74.3 Å². The highest BCUT2D eigenvalue weighted by atomic mass is 32.1. The number of ketones is 1. The molecule has 0 bridgehead atoms. The fourth-order valence-corrected chi connectivity index (χ4v) is 5.41. The van der Waals surface area contributed by atoms with Crippen LogP contribution in [0, 0.1) is 0 Å². The highest BCUT2D eigenvalue weighted by Crippen LogP contribution is 2.38. The summed E-state index contributed by atoms with van der Waals surface area (Å²) in [4.78, 5) is 55.0. The smallest absolute Gasteiger partial charge is 0.341 e. The van der Waals surface area contributed by atoms with Crippen molar-refractivity contribution in [3.63, 3.8) is 0 Å². The maximum Gasteiger partial charge on any atom is 0.341 e. The highest BCUT2D eigenvalue weighted by Gasteiger charge is 2.28. The van der Waals surface area contributed by atoms with Crippen LogP contribution in [0.15, 0.2) is 12.3 Å². The lowest BCUT2D eigenvalue weighted by molar-refractivity contribution is -0.114. The number of aromatic nitrogens is 1. The Balaban J connectivity index is 1.43. The van der Waals surface area contributed by atoms with Gasteiger partial charge in [0.2, 0.25) is 11.7 Å². The first-order chi connectivity index (χ1) is 14.9. The van der Waals surface area contributed by atoms with E-state index in [4.69, 9.17) is 4.74 Å². The Kier molecular flexibility index (Phi) is 6.22. The molecule has 1 aliphatic carbocycles. The number of fused-ring (bicyclic) bond motifs is 1. The first kappa shape index (κ1) is 21.3. The number of amides is 2. The van der Waals surface area contributed by atoms with E-state index >= 15 is 0 Å². The minimum atomic E-state index is -0.611. The quantitative estimate of drug-likeness (QED) is 0.527. The summed E-state index contributed by atoms with van der Waals surface area (Å²) in [6, 6.07) is 1.51. The molecule has 1 aliphatic heterocycles. The molecule has 1 saturated heterocycles. The monoisotopic (exact) mass is 443 g/mol. The zero-order valence-electron chi connectivity index (χ0n) is 17.4. The van der Waals surface area contributed by atoms with Gasteiger partial charge in [0.15, 0.2) is 6.61 Å². The average molecular weight is 444 g/mol. The molecule has 2 aromatic heterocycles. The Labute approximate surface area is 184 Å². The summed E-state index contributed by atoms with van der Waals surface area (Å²) >= 11 is 1.40. The van der Waals surface area contributed by atoms with Gasteiger partial charge in [-0.3, -0.25) is 14.4 Å². The zero-order chi connectivity index (χ0) is 22.0. The minimum absolute atomic E-state index is 0.126. The molecule has 2 aliphatic rings. The van der Waals surface area contributed by atoms with Crippen LogP contribution in [-0.2, 0) is 22.4 Å². The van der Waals surface area contributed by atoms with E-state index in [0.29, 0.717) is 21.8 Å². The number of likely N-dealkylation sites (tertiary alicyclic amines) is 1. The first-order valence-electron chi connectivity index (χ1n) is 10.5. The molecule has 164 valence electrons. The third kappa shape index (κ3) is 4.56. The van der Waals surface area contributed by atoms with Crippen LogP contribution in [0.4, 0.5) is 5.00 Å². The van der Waals surface area contributed by atoms with Gasteiger partial charge in [0.05, 0.1) is 5.56 Å². The van der Waals surface area contributed by atoms with E-state index in [1.165, 1.54) is 30.5 Å². The first-order valence-corrected chi connectivity index (χ1v) is 11.4. The van der Waals surface area contributed by atoms with E-state index in [2.05, 4.69) is 10.3 Å². The minimum Gasteiger partial charge on any atom is -0.454 e. The van der Waals surface area contributed by atoms with E-state index in [-0.39, 0.29) is 11.8 Å². The van der Waals surface area contributed by atoms with E-state index in [9.17, 15) is 19.2 Å². The van der Waals surface area contributed by atoms with Crippen molar-refractivity contribution in [1.29, 1.82) is 0 Å². The molecule has 1 fully saturated rings. The number of aromatic amines is 1. The third-order valence-electron chi connectivity index (χ3n) is 5.63. The number of hydrogen-bond acceptors (Lipinski definition) is 6. The molecular formula is C22H25N3O5S. The van der Waals surface area contributed by atoms with Gasteiger partial charge in [0.25, 0.3) is 5.91 Å². The second kappa shape index (κ2) is 9.05. The van der Waals surface area contributed by atoms with Crippen molar-refractivity contribution in [1.82, 2.24) is 9.88 Å². The standard InChI is InChI=1S/C22H25N3O5S/c1-13(26)24-20-19(15-6-2-3-7-18(15)31-20)22(29)30-12-17(27)14-10-16(23-11-14)21(28)25-8-4-5-9-25/h10-11,23H,2-9,12H2,1H3,(H,24,26).